The minimum Gasteiger partial charge on any atom is -0.295 e. The number of halogens is 1. The van der Waals surface area contributed by atoms with Crippen LogP contribution in [0, 0.1) is 5.92 Å². The monoisotopic (exact) mass is 221 g/mol. The first-order valence-electron chi connectivity index (χ1n) is 4.76. The summed E-state index contributed by atoms with van der Waals surface area (Å²) in [6, 6.07) is 7.18. The first-order valence-corrected chi connectivity index (χ1v) is 5.14. The number of hydrogen-bond acceptors (Lipinski definition) is 2. The largest absolute Gasteiger partial charge is 0.295 e. The fraction of sp³-hybridized carbons (Fsp3) is 0.273. The van der Waals surface area contributed by atoms with Crippen LogP contribution in [-0.4, -0.2) is 11.8 Å². The molecule has 0 aromatic heterocycles. The smallest absolute Gasteiger partial charge is 0.238 e. The zero-order valence-corrected chi connectivity index (χ0v) is 8.54. The zero-order valence-electron chi connectivity index (χ0n) is 7.79. The highest BCUT2D eigenvalue weighted by molar-refractivity contribution is 6.30. The Morgan fingerprint density at radius 2 is 2.20 bits per heavy atom. The highest BCUT2D eigenvalue weighted by atomic mass is 35.5. The Kier molecular flexibility index (Phi) is 1.55. The van der Waals surface area contributed by atoms with Crippen LogP contribution in [0.25, 0.3) is 0 Å². The highest BCUT2D eigenvalue weighted by Crippen LogP contribution is 2.57. The Hall–Kier alpha value is -1.35. The van der Waals surface area contributed by atoms with Crippen molar-refractivity contribution in [3.63, 3.8) is 0 Å². The molecule has 4 heteroatoms. The minimum atomic E-state index is -0.609. The molecule has 1 aliphatic heterocycles. The average Bonchev–Trinajstić information content (AvgIpc) is 2.88. The molecule has 0 radical (unpaired) electrons. The van der Waals surface area contributed by atoms with Crippen LogP contribution in [0.2, 0.25) is 5.02 Å². The molecule has 3 nitrogen and oxygen atoms in total. The van der Waals surface area contributed by atoms with Gasteiger partial charge in [0.05, 0.1) is 11.3 Å². The second kappa shape index (κ2) is 2.61. The van der Waals surface area contributed by atoms with Crippen LogP contribution in [0.3, 0.4) is 0 Å². The van der Waals surface area contributed by atoms with Crippen LogP contribution in [0.4, 0.5) is 0 Å². The molecular formula is C11H8ClNO2. The van der Waals surface area contributed by atoms with E-state index in [2.05, 4.69) is 5.32 Å². The van der Waals surface area contributed by atoms with E-state index >= 15 is 0 Å². The summed E-state index contributed by atoms with van der Waals surface area (Å²) in [5.41, 5.74) is 0.241. The molecule has 76 valence electrons. The number of piperidine rings is 1. The number of nitrogens with one attached hydrogen (secondary N) is 1. The number of benzene rings is 1. The summed E-state index contributed by atoms with van der Waals surface area (Å²) in [5, 5.41) is 2.95. The van der Waals surface area contributed by atoms with Gasteiger partial charge in [-0.3, -0.25) is 14.9 Å². The number of hydrogen-bond donors (Lipinski definition) is 1. The first kappa shape index (κ1) is 8.92. The molecule has 0 spiro atoms. The molecule has 1 aromatic carbocycles. The second-order valence-corrected chi connectivity index (χ2v) is 4.49. The molecule has 1 saturated heterocycles. The van der Waals surface area contributed by atoms with Gasteiger partial charge in [0.1, 0.15) is 0 Å². The lowest BCUT2D eigenvalue weighted by molar-refractivity contribution is -0.127. The van der Waals surface area contributed by atoms with E-state index < -0.39 is 5.41 Å². The fourth-order valence-electron chi connectivity index (χ4n) is 2.36. The maximum atomic E-state index is 11.7. The number of amides is 2. The first-order chi connectivity index (χ1) is 7.14. The van der Waals surface area contributed by atoms with Crippen molar-refractivity contribution in [3.8, 4) is 0 Å². The number of imide groups is 1. The summed E-state index contributed by atoms with van der Waals surface area (Å²) in [4.78, 5) is 23.0. The molecule has 3 rings (SSSR count). The van der Waals surface area contributed by atoms with Crippen molar-refractivity contribution in [2.45, 2.75) is 11.8 Å². The highest BCUT2D eigenvalue weighted by Gasteiger charge is 2.69. The lowest BCUT2D eigenvalue weighted by Crippen LogP contribution is -2.30. The number of fused-ring (bicyclic) bond motifs is 1. The summed E-state index contributed by atoms with van der Waals surface area (Å²) in [7, 11) is 0. The fourth-order valence-corrected chi connectivity index (χ4v) is 2.55. The van der Waals surface area contributed by atoms with E-state index in [-0.39, 0.29) is 17.7 Å². The van der Waals surface area contributed by atoms with Crippen LogP contribution < -0.4 is 5.32 Å². The van der Waals surface area contributed by atoms with Crippen molar-refractivity contribution < 1.29 is 9.59 Å². The molecule has 2 aliphatic rings. The Balaban J connectivity index is 2.09. The molecular weight excluding hydrogens is 214 g/mol. The topological polar surface area (TPSA) is 46.2 Å². The molecule has 0 bridgehead atoms. The van der Waals surface area contributed by atoms with Gasteiger partial charge in [0.25, 0.3) is 0 Å². The van der Waals surface area contributed by atoms with Crippen LogP contribution in [0.5, 0.6) is 0 Å². The van der Waals surface area contributed by atoms with Gasteiger partial charge in [-0.1, -0.05) is 23.7 Å². The Labute approximate surface area is 91.4 Å². The Morgan fingerprint density at radius 3 is 2.73 bits per heavy atom. The molecule has 1 heterocycles. The summed E-state index contributed by atoms with van der Waals surface area (Å²) in [6.07, 6.45) is 0.623. The van der Waals surface area contributed by atoms with Crippen molar-refractivity contribution in [1.82, 2.24) is 5.32 Å². The molecule has 2 fully saturated rings. The van der Waals surface area contributed by atoms with Gasteiger partial charge < -0.3 is 0 Å². The molecule has 1 aromatic rings. The van der Waals surface area contributed by atoms with E-state index in [1.165, 1.54) is 0 Å². The van der Waals surface area contributed by atoms with E-state index in [0.717, 1.165) is 5.56 Å². The lowest BCUT2D eigenvalue weighted by Gasteiger charge is -2.09. The summed E-state index contributed by atoms with van der Waals surface area (Å²) in [6.45, 7) is 0. The second-order valence-electron chi connectivity index (χ2n) is 4.06. The molecule has 1 aliphatic carbocycles. The maximum Gasteiger partial charge on any atom is 0.238 e. The molecule has 15 heavy (non-hydrogen) atoms. The van der Waals surface area contributed by atoms with Gasteiger partial charge in [-0.2, -0.15) is 0 Å². The van der Waals surface area contributed by atoms with E-state index in [1.54, 1.807) is 18.2 Å². The third kappa shape index (κ3) is 1.01. The Bertz CT molecular complexity index is 485. The SMILES string of the molecule is O=C1NC(=O)C2(c3cccc(Cl)c3)CC12. The van der Waals surface area contributed by atoms with Gasteiger partial charge in [-0.25, -0.2) is 0 Å². The predicted octanol–water partition coefficient (Wildman–Crippen LogP) is 1.25. The van der Waals surface area contributed by atoms with Crippen LogP contribution in [-0.2, 0) is 15.0 Å². The quantitative estimate of drug-likeness (QED) is 0.726. The lowest BCUT2D eigenvalue weighted by atomic mass is 9.94. The van der Waals surface area contributed by atoms with Gasteiger partial charge in [-0.15, -0.1) is 0 Å². The summed E-state index contributed by atoms with van der Waals surface area (Å²) < 4.78 is 0. The van der Waals surface area contributed by atoms with Gasteiger partial charge >= 0.3 is 0 Å². The van der Waals surface area contributed by atoms with Crippen molar-refractivity contribution in [3.05, 3.63) is 34.9 Å². The molecule has 2 unspecified atom stereocenters. The van der Waals surface area contributed by atoms with E-state index in [0.29, 0.717) is 11.4 Å². The Morgan fingerprint density at radius 1 is 1.40 bits per heavy atom. The zero-order chi connectivity index (χ0) is 10.6. The normalized spacial score (nSPS) is 32.5. The maximum absolute atomic E-state index is 11.7. The number of carbonyl (C=O) groups excluding carboxylic acids is 2. The van der Waals surface area contributed by atoms with Crippen LogP contribution >= 0.6 is 11.6 Å². The van der Waals surface area contributed by atoms with Gasteiger partial charge in [-0.05, 0) is 24.1 Å². The van der Waals surface area contributed by atoms with Crippen LogP contribution in [0.1, 0.15) is 12.0 Å². The summed E-state index contributed by atoms with van der Waals surface area (Å²) >= 11 is 5.87. The van der Waals surface area contributed by atoms with E-state index in [4.69, 9.17) is 11.6 Å². The predicted molar refractivity (Wildman–Crippen MR) is 54.4 cm³/mol. The molecule has 2 atom stereocenters. The van der Waals surface area contributed by atoms with Gasteiger partial charge in [0.2, 0.25) is 11.8 Å². The minimum absolute atomic E-state index is 0.153. The molecule has 2 amide bonds. The summed E-state index contributed by atoms with van der Waals surface area (Å²) in [5.74, 6) is -0.511. The number of rotatable bonds is 1. The van der Waals surface area contributed by atoms with Crippen molar-refractivity contribution in [2.75, 3.05) is 0 Å². The third-order valence-corrected chi connectivity index (χ3v) is 3.49. The molecule has 1 N–H and O–H groups in total. The van der Waals surface area contributed by atoms with E-state index in [1.807, 2.05) is 6.07 Å². The van der Waals surface area contributed by atoms with Crippen molar-refractivity contribution in [1.29, 1.82) is 0 Å². The van der Waals surface area contributed by atoms with Crippen molar-refractivity contribution in [2.24, 2.45) is 5.92 Å². The van der Waals surface area contributed by atoms with Crippen molar-refractivity contribution >= 4 is 23.4 Å². The average molecular weight is 222 g/mol. The third-order valence-electron chi connectivity index (χ3n) is 3.26. The van der Waals surface area contributed by atoms with Gasteiger partial charge in [0.15, 0.2) is 0 Å². The van der Waals surface area contributed by atoms with Crippen LogP contribution in [0.15, 0.2) is 24.3 Å². The van der Waals surface area contributed by atoms with E-state index in [9.17, 15) is 9.59 Å². The standard InChI is InChI=1S/C11H8ClNO2/c12-7-3-1-2-6(4-7)11-5-8(11)9(14)13-10(11)15/h1-4,8H,5H2,(H,13,14,15). The molecule has 1 saturated carbocycles. The number of carbonyl (C=O) groups is 2. The van der Waals surface area contributed by atoms with Gasteiger partial charge in [0, 0.05) is 5.02 Å².